The number of anilines is 1. The Balaban J connectivity index is 1.53. The SMILES string of the molecule is COc1cc(NC(=O)CC[C@@H]2CCCN(C(=O)c3cccc(Cl)c3)C2)cc(OC)c1. The van der Waals surface area contributed by atoms with Gasteiger partial charge in [-0.3, -0.25) is 9.59 Å². The highest BCUT2D eigenvalue weighted by Crippen LogP contribution is 2.27. The van der Waals surface area contributed by atoms with Gasteiger partial charge >= 0.3 is 0 Å². The maximum atomic E-state index is 12.8. The van der Waals surface area contributed by atoms with Crippen LogP contribution < -0.4 is 14.8 Å². The quantitative estimate of drug-likeness (QED) is 0.695. The van der Waals surface area contributed by atoms with Crippen LogP contribution in [0, 0.1) is 5.92 Å². The standard InChI is InChI=1S/C23H27ClN2O4/c1-29-20-12-19(13-21(14-20)30-2)25-22(27)9-8-16-5-4-10-26(15-16)23(28)17-6-3-7-18(24)11-17/h3,6-7,11-14,16H,4-5,8-10,15H2,1-2H3,(H,25,27)/t16-/m0/s1. The van der Waals surface area contributed by atoms with Crippen molar-refractivity contribution in [3.63, 3.8) is 0 Å². The van der Waals surface area contributed by atoms with Crippen molar-refractivity contribution in [2.24, 2.45) is 5.92 Å². The highest BCUT2D eigenvalue weighted by atomic mass is 35.5. The van der Waals surface area contributed by atoms with Crippen molar-refractivity contribution < 1.29 is 19.1 Å². The number of ether oxygens (including phenoxy) is 2. The van der Waals surface area contributed by atoms with Gasteiger partial charge in [-0.1, -0.05) is 17.7 Å². The molecular formula is C23H27ClN2O4. The number of amides is 2. The van der Waals surface area contributed by atoms with Gasteiger partial charge in [0, 0.05) is 54.0 Å². The van der Waals surface area contributed by atoms with Crippen LogP contribution in [0.4, 0.5) is 5.69 Å². The normalized spacial score (nSPS) is 16.1. The van der Waals surface area contributed by atoms with Gasteiger partial charge in [0.05, 0.1) is 14.2 Å². The van der Waals surface area contributed by atoms with Crippen LogP contribution in [-0.2, 0) is 4.79 Å². The monoisotopic (exact) mass is 430 g/mol. The second-order valence-corrected chi connectivity index (χ2v) is 7.89. The van der Waals surface area contributed by atoms with Crippen LogP contribution in [0.2, 0.25) is 5.02 Å². The molecule has 0 radical (unpaired) electrons. The fraction of sp³-hybridized carbons (Fsp3) is 0.391. The molecule has 0 bridgehead atoms. The van der Waals surface area contributed by atoms with Gasteiger partial charge in [0.2, 0.25) is 5.91 Å². The Labute approximate surface area is 182 Å². The zero-order valence-corrected chi connectivity index (χ0v) is 18.1. The lowest BCUT2D eigenvalue weighted by Crippen LogP contribution is -2.40. The smallest absolute Gasteiger partial charge is 0.253 e. The molecule has 1 atom stereocenters. The van der Waals surface area contributed by atoms with Gasteiger partial charge in [0.15, 0.2) is 0 Å². The van der Waals surface area contributed by atoms with Crippen molar-refractivity contribution in [2.75, 3.05) is 32.6 Å². The predicted octanol–water partition coefficient (Wildman–Crippen LogP) is 4.63. The first-order valence-corrected chi connectivity index (χ1v) is 10.4. The molecule has 2 amide bonds. The molecule has 0 spiro atoms. The maximum absolute atomic E-state index is 12.8. The molecule has 160 valence electrons. The van der Waals surface area contributed by atoms with E-state index in [0.717, 1.165) is 25.8 Å². The summed E-state index contributed by atoms with van der Waals surface area (Å²) in [6.45, 7) is 1.39. The number of methoxy groups -OCH3 is 2. The molecule has 0 aromatic heterocycles. The van der Waals surface area contributed by atoms with Gasteiger partial charge in [-0.2, -0.15) is 0 Å². The van der Waals surface area contributed by atoms with Crippen LogP contribution in [0.5, 0.6) is 11.5 Å². The summed E-state index contributed by atoms with van der Waals surface area (Å²) >= 11 is 6.01. The highest BCUT2D eigenvalue weighted by Gasteiger charge is 2.25. The van der Waals surface area contributed by atoms with E-state index >= 15 is 0 Å². The molecule has 1 N–H and O–H groups in total. The molecule has 3 rings (SSSR count). The van der Waals surface area contributed by atoms with Gasteiger partial charge in [0.25, 0.3) is 5.91 Å². The number of carbonyl (C=O) groups is 2. The summed E-state index contributed by atoms with van der Waals surface area (Å²) in [6.07, 6.45) is 3.07. The molecule has 1 aliphatic rings. The lowest BCUT2D eigenvalue weighted by atomic mass is 9.92. The number of halogens is 1. The molecule has 1 saturated heterocycles. The lowest BCUT2D eigenvalue weighted by Gasteiger charge is -2.33. The van der Waals surface area contributed by atoms with Crippen LogP contribution in [0.25, 0.3) is 0 Å². The van der Waals surface area contributed by atoms with Gasteiger partial charge < -0.3 is 19.7 Å². The third-order valence-electron chi connectivity index (χ3n) is 5.29. The molecular weight excluding hydrogens is 404 g/mol. The number of nitrogens with one attached hydrogen (secondary N) is 1. The highest BCUT2D eigenvalue weighted by molar-refractivity contribution is 6.30. The Morgan fingerprint density at radius 2 is 1.87 bits per heavy atom. The molecule has 1 heterocycles. The average molecular weight is 431 g/mol. The van der Waals surface area contributed by atoms with Crippen molar-refractivity contribution in [3.8, 4) is 11.5 Å². The average Bonchev–Trinajstić information content (AvgIpc) is 2.77. The summed E-state index contributed by atoms with van der Waals surface area (Å²) in [5.74, 6) is 1.46. The minimum absolute atomic E-state index is 0.00451. The fourth-order valence-corrected chi connectivity index (χ4v) is 3.92. The van der Waals surface area contributed by atoms with Crippen molar-refractivity contribution in [1.29, 1.82) is 0 Å². The predicted molar refractivity (Wildman–Crippen MR) is 117 cm³/mol. The summed E-state index contributed by atoms with van der Waals surface area (Å²) < 4.78 is 10.5. The number of carbonyl (C=O) groups excluding carboxylic acids is 2. The van der Waals surface area contributed by atoms with Gasteiger partial charge in [-0.15, -0.1) is 0 Å². The second kappa shape index (κ2) is 10.3. The number of nitrogens with zero attached hydrogens (tertiary/aromatic N) is 1. The van der Waals surface area contributed by atoms with Crippen molar-refractivity contribution in [3.05, 3.63) is 53.1 Å². The largest absolute Gasteiger partial charge is 0.497 e. The van der Waals surface area contributed by atoms with Crippen LogP contribution in [0.1, 0.15) is 36.0 Å². The Hall–Kier alpha value is -2.73. The summed E-state index contributed by atoms with van der Waals surface area (Å²) in [7, 11) is 3.14. The van der Waals surface area contributed by atoms with E-state index in [9.17, 15) is 9.59 Å². The molecule has 30 heavy (non-hydrogen) atoms. The number of piperidine rings is 1. The summed E-state index contributed by atoms with van der Waals surface area (Å²) in [4.78, 5) is 27.1. The summed E-state index contributed by atoms with van der Waals surface area (Å²) in [5.41, 5.74) is 1.24. The van der Waals surface area contributed by atoms with Crippen LogP contribution in [-0.4, -0.2) is 44.0 Å². The molecule has 2 aromatic rings. The van der Waals surface area contributed by atoms with E-state index in [1.165, 1.54) is 0 Å². The Bertz CT molecular complexity index is 880. The minimum atomic E-state index is -0.0661. The summed E-state index contributed by atoms with van der Waals surface area (Å²) in [5, 5.41) is 3.46. The van der Waals surface area contributed by atoms with Gasteiger partial charge in [0.1, 0.15) is 11.5 Å². The first-order chi connectivity index (χ1) is 14.5. The van der Waals surface area contributed by atoms with Crippen molar-refractivity contribution >= 4 is 29.1 Å². The molecule has 2 aromatic carbocycles. The van der Waals surface area contributed by atoms with Crippen molar-refractivity contribution in [1.82, 2.24) is 4.90 Å². The van der Waals surface area contributed by atoms with E-state index in [0.29, 0.717) is 46.7 Å². The first-order valence-electron chi connectivity index (χ1n) is 10.1. The molecule has 1 aliphatic heterocycles. The third kappa shape index (κ3) is 5.89. The lowest BCUT2D eigenvalue weighted by molar-refractivity contribution is -0.116. The van der Waals surface area contributed by atoms with E-state index in [1.54, 1.807) is 56.7 Å². The topological polar surface area (TPSA) is 67.9 Å². The van der Waals surface area contributed by atoms with Crippen LogP contribution >= 0.6 is 11.6 Å². The zero-order valence-electron chi connectivity index (χ0n) is 17.3. The number of benzene rings is 2. The van der Waals surface area contributed by atoms with E-state index < -0.39 is 0 Å². The zero-order chi connectivity index (χ0) is 21.5. The Morgan fingerprint density at radius 3 is 2.53 bits per heavy atom. The second-order valence-electron chi connectivity index (χ2n) is 7.46. The number of likely N-dealkylation sites (tertiary alicyclic amines) is 1. The molecule has 7 heteroatoms. The van der Waals surface area contributed by atoms with E-state index in [4.69, 9.17) is 21.1 Å². The summed E-state index contributed by atoms with van der Waals surface area (Å²) in [6, 6.07) is 12.3. The maximum Gasteiger partial charge on any atom is 0.253 e. The fourth-order valence-electron chi connectivity index (χ4n) is 3.73. The molecule has 0 saturated carbocycles. The first kappa shape index (κ1) is 22.0. The third-order valence-corrected chi connectivity index (χ3v) is 5.53. The van der Waals surface area contributed by atoms with Crippen molar-refractivity contribution in [2.45, 2.75) is 25.7 Å². The molecule has 0 aliphatic carbocycles. The van der Waals surface area contributed by atoms with Crippen LogP contribution in [0.3, 0.4) is 0 Å². The Morgan fingerprint density at radius 1 is 1.13 bits per heavy atom. The molecule has 0 unspecified atom stereocenters. The molecule has 1 fully saturated rings. The van der Waals surface area contributed by atoms with Gasteiger partial charge in [-0.25, -0.2) is 0 Å². The van der Waals surface area contributed by atoms with Gasteiger partial charge in [-0.05, 0) is 43.4 Å². The van der Waals surface area contributed by atoms with Crippen LogP contribution in [0.15, 0.2) is 42.5 Å². The van der Waals surface area contributed by atoms with E-state index in [1.807, 2.05) is 4.90 Å². The van der Waals surface area contributed by atoms with E-state index in [-0.39, 0.29) is 11.8 Å². The molecule has 6 nitrogen and oxygen atoms in total. The number of rotatable bonds is 7. The minimum Gasteiger partial charge on any atom is -0.497 e. The van der Waals surface area contributed by atoms with E-state index in [2.05, 4.69) is 5.32 Å². The Kier molecular flexibility index (Phi) is 7.57. The number of hydrogen-bond acceptors (Lipinski definition) is 4. The number of hydrogen-bond donors (Lipinski definition) is 1.